The normalized spacial score (nSPS) is 27.3. The van der Waals surface area contributed by atoms with Crippen LogP contribution >= 0.6 is 0 Å². The highest BCUT2D eigenvalue weighted by atomic mass is 16.5. The van der Waals surface area contributed by atoms with Gasteiger partial charge >= 0.3 is 0 Å². The van der Waals surface area contributed by atoms with E-state index >= 15 is 0 Å². The third-order valence-corrected chi connectivity index (χ3v) is 4.92. The summed E-state index contributed by atoms with van der Waals surface area (Å²) in [5.41, 5.74) is 1.21. The molecule has 2 fully saturated rings. The summed E-state index contributed by atoms with van der Waals surface area (Å²) in [6.07, 6.45) is 5.38. The molecule has 0 saturated carbocycles. The van der Waals surface area contributed by atoms with Gasteiger partial charge < -0.3 is 15.0 Å². The maximum atomic E-state index is 5.95. The van der Waals surface area contributed by atoms with Crippen molar-refractivity contribution in [3.8, 4) is 5.75 Å². The van der Waals surface area contributed by atoms with Crippen molar-refractivity contribution in [2.75, 3.05) is 19.7 Å². The molecule has 1 aromatic carbocycles. The Morgan fingerprint density at radius 1 is 1.29 bits per heavy atom. The average Bonchev–Trinajstić information content (AvgIpc) is 2.94. The molecule has 0 aromatic heterocycles. The minimum Gasteiger partial charge on any atom is -0.492 e. The first kappa shape index (κ1) is 14.9. The van der Waals surface area contributed by atoms with E-state index in [9.17, 15) is 0 Å². The summed E-state index contributed by atoms with van der Waals surface area (Å²) in [5, 5.41) is 3.77. The van der Waals surface area contributed by atoms with Crippen LogP contribution in [-0.4, -0.2) is 42.7 Å². The zero-order chi connectivity index (χ0) is 14.7. The van der Waals surface area contributed by atoms with E-state index in [0.717, 1.165) is 18.4 Å². The predicted octanol–water partition coefficient (Wildman–Crippen LogP) is 2.98. The van der Waals surface area contributed by atoms with E-state index in [0.29, 0.717) is 12.1 Å². The monoisotopic (exact) mass is 288 g/mol. The molecule has 0 unspecified atom stereocenters. The van der Waals surface area contributed by atoms with Crippen LogP contribution in [0.1, 0.15) is 38.2 Å². The molecule has 21 heavy (non-hydrogen) atoms. The van der Waals surface area contributed by atoms with Crippen LogP contribution in [0.3, 0.4) is 0 Å². The van der Waals surface area contributed by atoms with E-state index in [2.05, 4.69) is 42.3 Å². The molecule has 0 amide bonds. The van der Waals surface area contributed by atoms with Gasteiger partial charge in [0.05, 0.1) is 0 Å². The summed E-state index contributed by atoms with van der Waals surface area (Å²) >= 11 is 0. The summed E-state index contributed by atoms with van der Waals surface area (Å²) in [6.45, 7) is 7.68. The largest absolute Gasteiger partial charge is 0.492 e. The fraction of sp³-hybridized carbons (Fsp3) is 0.667. The topological polar surface area (TPSA) is 24.5 Å². The lowest BCUT2D eigenvalue weighted by atomic mass is 9.97. The fourth-order valence-corrected chi connectivity index (χ4v) is 3.76. The van der Waals surface area contributed by atoms with Crippen LogP contribution in [0.4, 0.5) is 0 Å². The highest BCUT2D eigenvalue weighted by molar-refractivity contribution is 5.31. The Morgan fingerprint density at radius 3 is 3.00 bits per heavy atom. The molecule has 2 aliphatic rings. The van der Waals surface area contributed by atoms with Crippen molar-refractivity contribution in [2.24, 2.45) is 0 Å². The fourth-order valence-electron chi connectivity index (χ4n) is 3.76. The van der Waals surface area contributed by atoms with E-state index in [1.54, 1.807) is 0 Å². The van der Waals surface area contributed by atoms with Crippen molar-refractivity contribution < 1.29 is 4.74 Å². The van der Waals surface area contributed by atoms with E-state index in [1.165, 1.54) is 44.3 Å². The third kappa shape index (κ3) is 3.78. The van der Waals surface area contributed by atoms with Gasteiger partial charge in [-0.2, -0.15) is 0 Å². The highest BCUT2D eigenvalue weighted by Gasteiger charge is 2.31. The molecule has 3 heteroatoms. The third-order valence-electron chi connectivity index (χ3n) is 4.92. The summed E-state index contributed by atoms with van der Waals surface area (Å²) in [6, 6.07) is 10.2. The molecule has 0 aliphatic carbocycles. The van der Waals surface area contributed by atoms with Gasteiger partial charge in [0, 0.05) is 18.1 Å². The zero-order valence-electron chi connectivity index (χ0n) is 13.3. The van der Waals surface area contributed by atoms with Gasteiger partial charge in [-0.3, -0.25) is 0 Å². The van der Waals surface area contributed by atoms with Crippen LogP contribution in [-0.2, 0) is 0 Å². The Bertz CT molecular complexity index is 462. The van der Waals surface area contributed by atoms with E-state index in [1.807, 2.05) is 6.07 Å². The van der Waals surface area contributed by atoms with Gasteiger partial charge in [-0.25, -0.2) is 0 Å². The quantitative estimate of drug-likeness (QED) is 0.901. The molecule has 116 valence electrons. The number of benzene rings is 1. The Hall–Kier alpha value is -1.06. The number of hydrogen-bond acceptors (Lipinski definition) is 3. The second-order valence-corrected chi connectivity index (χ2v) is 6.70. The van der Waals surface area contributed by atoms with Gasteiger partial charge in [0.25, 0.3) is 0 Å². The van der Waals surface area contributed by atoms with E-state index in [4.69, 9.17) is 4.74 Å². The lowest BCUT2D eigenvalue weighted by Gasteiger charge is -2.36. The molecule has 0 bridgehead atoms. The van der Waals surface area contributed by atoms with Crippen molar-refractivity contribution in [1.29, 1.82) is 0 Å². The molecule has 3 nitrogen and oxygen atoms in total. The van der Waals surface area contributed by atoms with E-state index < -0.39 is 0 Å². The summed E-state index contributed by atoms with van der Waals surface area (Å²) in [5.74, 6) is 1.01. The van der Waals surface area contributed by atoms with Gasteiger partial charge in [-0.1, -0.05) is 18.2 Å². The SMILES string of the molecule is Cc1ccccc1OC[C@H](C)N[C@H]1CCN2CCC[C@@H]2C1. The number of hydrogen-bond donors (Lipinski definition) is 1. The first-order valence-electron chi connectivity index (χ1n) is 8.41. The lowest BCUT2D eigenvalue weighted by Crippen LogP contribution is -2.49. The minimum absolute atomic E-state index is 0.405. The summed E-state index contributed by atoms with van der Waals surface area (Å²) < 4.78 is 5.95. The van der Waals surface area contributed by atoms with Crippen LogP contribution in [0, 0.1) is 6.92 Å². The molecule has 2 heterocycles. The minimum atomic E-state index is 0.405. The molecule has 3 atom stereocenters. The van der Waals surface area contributed by atoms with Crippen molar-refractivity contribution in [3.63, 3.8) is 0 Å². The zero-order valence-corrected chi connectivity index (χ0v) is 13.3. The second-order valence-electron chi connectivity index (χ2n) is 6.70. The molecule has 3 rings (SSSR count). The van der Waals surface area contributed by atoms with Crippen molar-refractivity contribution in [1.82, 2.24) is 10.2 Å². The smallest absolute Gasteiger partial charge is 0.122 e. The molecular weight excluding hydrogens is 260 g/mol. The van der Waals surface area contributed by atoms with Crippen LogP contribution in [0.2, 0.25) is 0 Å². The Balaban J connectivity index is 1.44. The first-order valence-corrected chi connectivity index (χ1v) is 8.41. The number of aryl methyl sites for hydroxylation is 1. The lowest BCUT2D eigenvalue weighted by molar-refractivity contribution is 0.153. The number of para-hydroxylation sites is 1. The Kier molecular flexibility index (Phi) is 4.81. The molecular formula is C18H28N2O. The Morgan fingerprint density at radius 2 is 2.14 bits per heavy atom. The van der Waals surface area contributed by atoms with Crippen LogP contribution in [0.5, 0.6) is 5.75 Å². The van der Waals surface area contributed by atoms with Gasteiger partial charge in [0.15, 0.2) is 0 Å². The van der Waals surface area contributed by atoms with E-state index in [-0.39, 0.29) is 0 Å². The Labute approximate surface area is 128 Å². The highest BCUT2D eigenvalue weighted by Crippen LogP contribution is 2.27. The first-order chi connectivity index (χ1) is 10.2. The molecule has 0 spiro atoms. The molecule has 2 saturated heterocycles. The number of nitrogens with one attached hydrogen (secondary N) is 1. The molecule has 2 aliphatic heterocycles. The average molecular weight is 288 g/mol. The van der Waals surface area contributed by atoms with Crippen LogP contribution in [0.25, 0.3) is 0 Å². The predicted molar refractivity (Wildman–Crippen MR) is 86.9 cm³/mol. The van der Waals surface area contributed by atoms with Gasteiger partial charge in [0.1, 0.15) is 12.4 Å². The van der Waals surface area contributed by atoms with Crippen molar-refractivity contribution >= 4 is 0 Å². The van der Waals surface area contributed by atoms with Crippen molar-refractivity contribution in [2.45, 2.75) is 57.7 Å². The maximum absolute atomic E-state index is 5.95. The molecule has 1 aromatic rings. The van der Waals surface area contributed by atoms with Crippen LogP contribution < -0.4 is 10.1 Å². The van der Waals surface area contributed by atoms with Gasteiger partial charge in [-0.05, 0) is 64.3 Å². The number of rotatable bonds is 5. The van der Waals surface area contributed by atoms with Crippen molar-refractivity contribution in [3.05, 3.63) is 29.8 Å². The second kappa shape index (κ2) is 6.80. The molecule has 0 radical (unpaired) electrons. The number of fused-ring (bicyclic) bond motifs is 1. The number of nitrogens with zero attached hydrogens (tertiary/aromatic N) is 1. The number of piperidine rings is 1. The summed E-state index contributed by atoms with van der Waals surface area (Å²) in [4.78, 5) is 2.67. The van der Waals surface area contributed by atoms with Gasteiger partial charge in [0.2, 0.25) is 0 Å². The summed E-state index contributed by atoms with van der Waals surface area (Å²) in [7, 11) is 0. The van der Waals surface area contributed by atoms with Gasteiger partial charge in [-0.15, -0.1) is 0 Å². The maximum Gasteiger partial charge on any atom is 0.122 e. The standard InChI is InChI=1S/C18H28N2O/c1-14-6-3-4-8-18(14)21-13-15(2)19-16-9-11-20-10-5-7-17(20)12-16/h3-4,6,8,15-17,19H,5,7,9-13H2,1-2H3/t15-,16-,17+/m0/s1. The van der Waals surface area contributed by atoms with Crippen LogP contribution in [0.15, 0.2) is 24.3 Å². The number of ether oxygens (including phenoxy) is 1. The molecule has 1 N–H and O–H groups in total.